The van der Waals surface area contributed by atoms with Crippen LogP contribution in [0.1, 0.15) is 22.7 Å². The van der Waals surface area contributed by atoms with Crippen molar-refractivity contribution in [3.63, 3.8) is 0 Å². The van der Waals surface area contributed by atoms with Crippen LogP contribution in [0.4, 0.5) is 0 Å². The Bertz CT molecular complexity index is 599. The standard InChI is InChI=1S/C15H14Cl2IN/c1-9-3-4-10(7-13(9)17)15(19-2)12-8-11(16)5-6-14(12)18/h3-8,15,19H,1-2H3. The van der Waals surface area contributed by atoms with Crippen molar-refractivity contribution in [3.05, 3.63) is 66.7 Å². The second-order valence-corrected chi connectivity index (χ2v) is 6.40. The first-order valence-corrected chi connectivity index (χ1v) is 7.74. The largest absolute Gasteiger partial charge is 0.309 e. The summed E-state index contributed by atoms with van der Waals surface area (Å²) >= 11 is 14.6. The molecule has 0 aliphatic heterocycles. The van der Waals surface area contributed by atoms with Gasteiger partial charge in [0, 0.05) is 13.6 Å². The Labute approximate surface area is 137 Å². The van der Waals surface area contributed by atoms with Crippen molar-refractivity contribution in [1.29, 1.82) is 0 Å². The SMILES string of the molecule is CNC(c1ccc(C)c(Cl)c1)c1cc(Cl)ccc1I. The second kappa shape index (κ2) is 6.44. The fourth-order valence-corrected chi connectivity index (χ4v) is 3.04. The smallest absolute Gasteiger partial charge is 0.0585 e. The number of rotatable bonds is 3. The van der Waals surface area contributed by atoms with Crippen molar-refractivity contribution in [2.24, 2.45) is 0 Å². The Morgan fingerprint density at radius 2 is 1.84 bits per heavy atom. The molecule has 0 spiro atoms. The number of benzene rings is 2. The van der Waals surface area contributed by atoms with E-state index in [2.05, 4.69) is 34.0 Å². The molecule has 0 aromatic heterocycles. The molecular formula is C15H14Cl2IN. The van der Waals surface area contributed by atoms with E-state index in [0.717, 1.165) is 26.7 Å². The van der Waals surface area contributed by atoms with Crippen LogP contribution in [0.25, 0.3) is 0 Å². The molecule has 0 heterocycles. The van der Waals surface area contributed by atoms with Crippen LogP contribution >= 0.6 is 45.8 Å². The number of hydrogen-bond acceptors (Lipinski definition) is 1. The number of nitrogens with one attached hydrogen (secondary N) is 1. The highest BCUT2D eigenvalue weighted by atomic mass is 127. The summed E-state index contributed by atoms with van der Waals surface area (Å²) in [7, 11) is 1.94. The topological polar surface area (TPSA) is 12.0 Å². The van der Waals surface area contributed by atoms with Crippen LogP contribution in [-0.4, -0.2) is 7.05 Å². The molecular weight excluding hydrogens is 392 g/mol. The average molecular weight is 406 g/mol. The zero-order valence-electron chi connectivity index (χ0n) is 10.7. The first kappa shape index (κ1) is 15.1. The molecule has 4 heteroatoms. The number of hydrogen-bond donors (Lipinski definition) is 1. The first-order valence-electron chi connectivity index (χ1n) is 5.91. The molecule has 0 amide bonds. The Morgan fingerprint density at radius 1 is 1.11 bits per heavy atom. The van der Waals surface area contributed by atoms with Gasteiger partial charge in [0.15, 0.2) is 0 Å². The molecule has 2 rings (SSSR count). The lowest BCUT2D eigenvalue weighted by Crippen LogP contribution is -2.18. The zero-order chi connectivity index (χ0) is 14.0. The molecule has 0 radical (unpaired) electrons. The van der Waals surface area contributed by atoms with Gasteiger partial charge in [-0.2, -0.15) is 0 Å². The lowest BCUT2D eigenvalue weighted by Gasteiger charge is -2.19. The minimum Gasteiger partial charge on any atom is -0.309 e. The third kappa shape index (κ3) is 3.43. The number of halogens is 3. The molecule has 0 fully saturated rings. The summed E-state index contributed by atoms with van der Waals surface area (Å²) in [4.78, 5) is 0. The van der Waals surface area contributed by atoms with Gasteiger partial charge in [-0.3, -0.25) is 0 Å². The molecule has 1 N–H and O–H groups in total. The summed E-state index contributed by atoms with van der Waals surface area (Å²) in [6.45, 7) is 2.00. The Balaban J connectivity index is 2.49. The lowest BCUT2D eigenvalue weighted by atomic mass is 9.98. The van der Waals surface area contributed by atoms with Gasteiger partial charge in [-0.05, 0) is 77.5 Å². The highest BCUT2D eigenvalue weighted by molar-refractivity contribution is 14.1. The summed E-state index contributed by atoms with van der Waals surface area (Å²) < 4.78 is 1.18. The van der Waals surface area contributed by atoms with Gasteiger partial charge in [0.2, 0.25) is 0 Å². The Morgan fingerprint density at radius 3 is 2.47 bits per heavy atom. The lowest BCUT2D eigenvalue weighted by molar-refractivity contribution is 0.688. The van der Waals surface area contributed by atoms with E-state index in [0.29, 0.717) is 0 Å². The molecule has 2 aromatic rings. The quantitative estimate of drug-likeness (QED) is 0.690. The van der Waals surface area contributed by atoms with Gasteiger partial charge in [0.1, 0.15) is 0 Å². The van der Waals surface area contributed by atoms with Crippen molar-refractivity contribution in [2.75, 3.05) is 7.05 Å². The molecule has 1 nitrogen and oxygen atoms in total. The van der Waals surface area contributed by atoms with Gasteiger partial charge in [-0.25, -0.2) is 0 Å². The van der Waals surface area contributed by atoms with E-state index in [-0.39, 0.29) is 6.04 Å². The average Bonchev–Trinajstić information content (AvgIpc) is 2.38. The molecule has 0 saturated carbocycles. The normalized spacial score (nSPS) is 12.5. The summed E-state index contributed by atoms with van der Waals surface area (Å²) in [5.74, 6) is 0. The molecule has 100 valence electrons. The fraction of sp³-hybridized carbons (Fsp3) is 0.200. The highest BCUT2D eigenvalue weighted by Crippen LogP contribution is 2.30. The maximum atomic E-state index is 6.22. The maximum absolute atomic E-state index is 6.22. The summed E-state index contributed by atoms with van der Waals surface area (Å²) in [5.41, 5.74) is 3.38. The van der Waals surface area contributed by atoms with Gasteiger partial charge < -0.3 is 5.32 Å². The Kier molecular flexibility index (Phi) is 5.12. The predicted molar refractivity (Wildman–Crippen MR) is 91.3 cm³/mol. The predicted octanol–water partition coefficient (Wildman–Crippen LogP) is 5.22. The molecule has 1 unspecified atom stereocenters. The molecule has 19 heavy (non-hydrogen) atoms. The van der Waals surface area contributed by atoms with E-state index in [1.54, 1.807) is 0 Å². The van der Waals surface area contributed by atoms with E-state index < -0.39 is 0 Å². The van der Waals surface area contributed by atoms with Crippen LogP contribution in [0.3, 0.4) is 0 Å². The van der Waals surface area contributed by atoms with Crippen molar-refractivity contribution in [2.45, 2.75) is 13.0 Å². The monoisotopic (exact) mass is 405 g/mol. The Hall–Kier alpha value is -0.290. The van der Waals surface area contributed by atoms with Gasteiger partial charge in [-0.1, -0.05) is 35.3 Å². The van der Waals surface area contributed by atoms with Gasteiger partial charge >= 0.3 is 0 Å². The molecule has 0 aliphatic rings. The van der Waals surface area contributed by atoms with E-state index in [4.69, 9.17) is 23.2 Å². The fourth-order valence-electron chi connectivity index (χ4n) is 2.03. The van der Waals surface area contributed by atoms with Crippen molar-refractivity contribution in [1.82, 2.24) is 5.32 Å². The van der Waals surface area contributed by atoms with Gasteiger partial charge in [0.05, 0.1) is 6.04 Å². The van der Waals surface area contributed by atoms with Crippen LogP contribution in [-0.2, 0) is 0 Å². The molecule has 1 atom stereocenters. The third-order valence-corrected chi connectivity index (χ3v) is 4.71. The summed E-state index contributed by atoms with van der Waals surface area (Å²) in [6, 6.07) is 12.2. The third-order valence-electron chi connectivity index (χ3n) is 3.09. The minimum atomic E-state index is 0.0868. The van der Waals surface area contributed by atoms with E-state index in [9.17, 15) is 0 Å². The second-order valence-electron chi connectivity index (χ2n) is 4.40. The van der Waals surface area contributed by atoms with Crippen molar-refractivity contribution in [3.8, 4) is 0 Å². The zero-order valence-corrected chi connectivity index (χ0v) is 14.3. The molecule has 0 saturated heterocycles. The molecule has 0 aliphatic carbocycles. The molecule has 2 aromatic carbocycles. The van der Waals surface area contributed by atoms with Crippen LogP contribution in [0.15, 0.2) is 36.4 Å². The van der Waals surface area contributed by atoms with Crippen LogP contribution < -0.4 is 5.32 Å². The van der Waals surface area contributed by atoms with Crippen molar-refractivity contribution < 1.29 is 0 Å². The van der Waals surface area contributed by atoms with Gasteiger partial charge in [0.25, 0.3) is 0 Å². The van der Waals surface area contributed by atoms with Crippen LogP contribution in [0, 0.1) is 10.5 Å². The summed E-state index contributed by atoms with van der Waals surface area (Å²) in [5, 5.41) is 4.86. The van der Waals surface area contributed by atoms with E-state index in [1.165, 1.54) is 3.57 Å². The minimum absolute atomic E-state index is 0.0868. The maximum Gasteiger partial charge on any atom is 0.0585 e. The highest BCUT2D eigenvalue weighted by Gasteiger charge is 2.16. The van der Waals surface area contributed by atoms with E-state index in [1.807, 2.05) is 44.3 Å². The van der Waals surface area contributed by atoms with E-state index >= 15 is 0 Å². The first-order chi connectivity index (χ1) is 9.02. The van der Waals surface area contributed by atoms with Crippen LogP contribution in [0.5, 0.6) is 0 Å². The molecule has 0 bridgehead atoms. The summed E-state index contributed by atoms with van der Waals surface area (Å²) in [6.07, 6.45) is 0. The van der Waals surface area contributed by atoms with Gasteiger partial charge in [-0.15, -0.1) is 0 Å². The number of aryl methyl sites for hydroxylation is 1. The van der Waals surface area contributed by atoms with Crippen LogP contribution in [0.2, 0.25) is 10.0 Å². The van der Waals surface area contributed by atoms with Crippen molar-refractivity contribution >= 4 is 45.8 Å².